The van der Waals surface area contributed by atoms with Gasteiger partial charge in [0.25, 0.3) is 11.8 Å². The predicted octanol–water partition coefficient (Wildman–Crippen LogP) is 1.80. The van der Waals surface area contributed by atoms with Gasteiger partial charge in [-0.05, 0) is 25.0 Å². The van der Waals surface area contributed by atoms with Crippen molar-refractivity contribution in [1.29, 1.82) is 0 Å². The Labute approximate surface area is 145 Å². The molecule has 1 aliphatic rings. The third-order valence-corrected chi connectivity index (χ3v) is 4.44. The molecule has 0 spiro atoms. The largest absolute Gasteiger partial charge is 0.349 e. The fourth-order valence-corrected chi connectivity index (χ4v) is 2.99. The lowest BCUT2D eigenvalue weighted by molar-refractivity contribution is 0.0691. The molecule has 3 rings (SSSR count). The van der Waals surface area contributed by atoms with E-state index in [0.717, 1.165) is 0 Å². The van der Waals surface area contributed by atoms with Crippen molar-refractivity contribution in [2.45, 2.75) is 23.8 Å². The summed E-state index contributed by atoms with van der Waals surface area (Å²) in [7, 11) is 0. The van der Waals surface area contributed by atoms with Gasteiger partial charge >= 0.3 is 0 Å². The van der Waals surface area contributed by atoms with Gasteiger partial charge in [0, 0.05) is 36.4 Å². The molecule has 1 aromatic heterocycles. The van der Waals surface area contributed by atoms with Gasteiger partial charge in [-0.2, -0.15) is 0 Å². The minimum absolute atomic E-state index is 0.0522. The van der Waals surface area contributed by atoms with Gasteiger partial charge in [0.05, 0.1) is 11.8 Å². The first-order valence-electron chi connectivity index (χ1n) is 7.79. The Morgan fingerprint density at radius 3 is 2.58 bits per heavy atom. The van der Waals surface area contributed by atoms with Gasteiger partial charge in [0.1, 0.15) is 5.69 Å². The van der Waals surface area contributed by atoms with E-state index < -0.39 is 0 Å². The van der Waals surface area contributed by atoms with E-state index >= 15 is 0 Å². The maximum absolute atomic E-state index is 12.3. The van der Waals surface area contributed by atoms with Gasteiger partial charge in [-0.1, -0.05) is 12.1 Å². The Kier molecular flexibility index (Phi) is 5.10. The molecule has 24 heavy (non-hydrogen) atoms. The molecule has 1 fully saturated rings. The first-order valence-corrected chi connectivity index (χ1v) is 8.24. The van der Waals surface area contributed by atoms with Crippen molar-refractivity contribution in [3.05, 3.63) is 54.1 Å². The van der Waals surface area contributed by atoms with E-state index in [1.165, 1.54) is 18.6 Å². The molecule has 2 aromatic rings. The van der Waals surface area contributed by atoms with E-state index in [1.54, 1.807) is 17.0 Å². The number of hydrogen-bond donors (Lipinski definition) is 2. The van der Waals surface area contributed by atoms with Crippen molar-refractivity contribution in [3.63, 3.8) is 0 Å². The van der Waals surface area contributed by atoms with Gasteiger partial charge in [-0.15, -0.1) is 12.6 Å². The normalized spacial score (nSPS) is 15.1. The number of hydrogen-bond acceptors (Lipinski definition) is 5. The van der Waals surface area contributed by atoms with Gasteiger partial charge < -0.3 is 10.2 Å². The third kappa shape index (κ3) is 3.73. The average Bonchev–Trinajstić information content (AvgIpc) is 2.63. The van der Waals surface area contributed by atoms with Crippen molar-refractivity contribution < 1.29 is 9.59 Å². The highest BCUT2D eigenvalue weighted by Crippen LogP contribution is 2.16. The van der Waals surface area contributed by atoms with E-state index in [1.807, 2.05) is 12.1 Å². The fourth-order valence-electron chi connectivity index (χ4n) is 2.73. The lowest BCUT2D eigenvalue weighted by Gasteiger charge is -2.32. The quantitative estimate of drug-likeness (QED) is 0.834. The third-order valence-electron chi connectivity index (χ3n) is 4.05. The Balaban J connectivity index is 1.55. The van der Waals surface area contributed by atoms with Crippen LogP contribution in [0.5, 0.6) is 0 Å². The maximum Gasteiger partial charge on any atom is 0.274 e. The van der Waals surface area contributed by atoms with Gasteiger partial charge in [0.15, 0.2) is 0 Å². The summed E-state index contributed by atoms with van der Waals surface area (Å²) >= 11 is 4.31. The van der Waals surface area contributed by atoms with E-state index in [2.05, 4.69) is 27.9 Å². The van der Waals surface area contributed by atoms with Crippen LogP contribution in [0.3, 0.4) is 0 Å². The average molecular weight is 342 g/mol. The summed E-state index contributed by atoms with van der Waals surface area (Å²) in [5, 5.41) is 3.02. The van der Waals surface area contributed by atoms with Crippen molar-refractivity contribution in [2.75, 3.05) is 13.1 Å². The molecule has 6 nitrogen and oxygen atoms in total. The summed E-state index contributed by atoms with van der Waals surface area (Å²) in [5.41, 5.74) is 0.919. The van der Waals surface area contributed by atoms with Crippen LogP contribution < -0.4 is 5.32 Å². The number of piperidine rings is 1. The molecule has 1 aromatic carbocycles. The minimum atomic E-state index is -0.126. The van der Waals surface area contributed by atoms with Gasteiger partial charge in [-0.3, -0.25) is 14.6 Å². The van der Waals surface area contributed by atoms with E-state index in [9.17, 15) is 9.59 Å². The van der Waals surface area contributed by atoms with Crippen LogP contribution >= 0.6 is 12.6 Å². The number of aromatic nitrogens is 2. The molecule has 0 aliphatic carbocycles. The maximum atomic E-state index is 12.3. The van der Waals surface area contributed by atoms with Crippen molar-refractivity contribution >= 4 is 24.4 Å². The number of benzene rings is 1. The number of carbonyl (C=O) groups is 2. The Morgan fingerprint density at radius 1 is 1.17 bits per heavy atom. The molecule has 1 saturated heterocycles. The highest BCUT2D eigenvalue weighted by Gasteiger charge is 2.25. The van der Waals surface area contributed by atoms with Gasteiger partial charge in [-0.25, -0.2) is 4.98 Å². The molecule has 0 unspecified atom stereocenters. The molecule has 0 saturated carbocycles. The highest BCUT2D eigenvalue weighted by molar-refractivity contribution is 7.80. The lowest BCUT2D eigenvalue weighted by Crippen LogP contribution is -2.46. The molecule has 0 atom stereocenters. The number of carbonyl (C=O) groups excluding carboxylic acids is 2. The Morgan fingerprint density at radius 2 is 1.92 bits per heavy atom. The van der Waals surface area contributed by atoms with Gasteiger partial charge in [0.2, 0.25) is 0 Å². The van der Waals surface area contributed by atoms with Crippen LogP contribution in [0.4, 0.5) is 0 Å². The fraction of sp³-hybridized carbons (Fsp3) is 0.294. The molecule has 0 radical (unpaired) electrons. The molecule has 2 heterocycles. The monoisotopic (exact) mass is 342 g/mol. The van der Waals surface area contributed by atoms with E-state index in [4.69, 9.17) is 0 Å². The topological polar surface area (TPSA) is 75.2 Å². The van der Waals surface area contributed by atoms with Crippen LogP contribution in [0.15, 0.2) is 47.8 Å². The zero-order valence-electron chi connectivity index (χ0n) is 13.1. The number of likely N-dealkylation sites (tertiary alicyclic amines) is 1. The number of nitrogens with zero attached hydrogens (tertiary/aromatic N) is 3. The van der Waals surface area contributed by atoms with Crippen molar-refractivity contribution in [2.24, 2.45) is 0 Å². The molecule has 124 valence electrons. The highest BCUT2D eigenvalue weighted by atomic mass is 32.1. The summed E-state index contributed by atoms with van der Waals surface area (Å²) in [4.78, 5) is 35.0. The van der Waals surface area contributed by atoms with E-state index in [-0.39, 0.29) is 17.9 Å². The molecule has 2 amide bonds. The summed E-state index contributed by atoms with van der Waals surface area (Å²) in [6.45, 7) is 1.17. The van der Waals surface area contributed by atoms with Crippen LogP contribution in [-0.4, -0.2) is 45.8 Å². The van der Waals surface area contributed by atoms with Crippen LogP contribution in [0.1, 0.15) is 33.7 Å². The summed E-state index contributed by atoms with van der Waals surface area (Å²) in [6, 6.07) is 7.26. The molecule has 1 N–H and O–H groups in total. The van der Waals surface area contributed by atoms with Crippen LogP contribution in [-0.2, 0) is 0 Å². The zero-order valence-corrected chi connectivity index (χ0v) is 13.9. The second-order valence-corrected chi connectivity index (χ2v) is 6.13. The Bertz CT molecular complexity index is 730. The smallest absolute Gasteiger partial charge is 0.274 e. The number of rotatable bonds is 3. The second kappa shape index (κ2) is 7.44. The number of amides is 2. The first kappa shape index (κ1) is 16.4. The molecular formula is C17H18N4O2S. The van der Waals surface area contributed by atoms with Crippen LogP contribution in [0.2, 0.25) is 0 Å². The molecule has 7 heteroatoms. The molecule has 0 bridgehead atoms. The molecule has 1 aliphatic heterocycles. The SMILES string of the molecule is O=C(NC1CCN(C(=O)c2cnccn2)CC1)c1ccccc1S. The van der Waals surface area contributed by atoms with Crippen LogP contribution in [0.25, 0.3) is 0 Å². The number of thiol groups is 1. The summed E-state index contributed by atoms with van der Waals surface area (Å²) in [5.74, 6) is -0.243. The van der Waals surface area contributed by atoms with E-state index in [0.29, 0.717) is 42.1 Å². The molecular weight excluding hydrogens is 324 g/mol. The standard InChI is InChI=1S/C17H18N4O2S/c22-16(13-3-1-2-4-15(13)24)20-12-5-9-21(10-6-12)17(23)14-11-18-7-8-19-14/h1-4,7-8,11-12,24H,5-6,9-10H2,(H,20,22). The zero-order chi connectivity index (χ0) is 16.9. The summed E-state index contributed by atoms with van der Waals surface area (Å²) in [6.07, 6.45) is 5.95. The first-order chi connectivity index (χ1) is 11.6. The number of nitrogens with one attached hydrogen (secondary N) is 1. The van der Waals surface area contributed by atoms with Crippen LogP contribution in [0, 0.1) is 0 Å². The van der Waals surface area contributed by atoms with Crippen molar-refractivity contribution in [1.82, 2.24) is 20.2 Å². The lowest BCUT2D eigenvalue weighted by atomic mass is 10.0. The summed E-state index contributed by atoms with van der Waals surface area (Å²) < 4.78 is 0. The Hall–Kier alpha value is -2.41. The van der Waals surface area contributed by atoms with Crippen molar-refractivity contribution in [3.8, 4) is 0 Å². The second-order valence-electron chi connectivity index (χ2n) is 5.65. The predicted molar refractivity (Wildman–Crippen MR) is 92.1 cm³/mol. The minimum Gasteiger partial charge on any atom is -0.349 e.